The van der Waals surface area contributed by atoms with Crippen LogP contribution in [0.5, 0.6) is 0 Å². The number of halogens is 1. The van der Waals surface area contributed by atoms with Gasteiger partial charge in [-0.3, -0.25) is 4.90 Å². The highest BCUT2D eigenvalue weighted by Crippen LogP contribution is 2.44. The number of hydrogen-bond acceptors (Lipinski definition) is 3. The minimum Gasteiger partial charge on any atom is -0.392 e. The smallest absolute Gasteiger partial charge is 0.0636 e. The normalized spacial score (nSPS) is 30.1. The van der Waals surface area contributed by atoms with Crippen LogP contribution in [0.25, 0.3) is 0 Å². The Morgan fingerprint density at radius 2 is 2.16 bits per heavy atom. The third-order valence-electron chi connectivity index (χ3n) is 4.21. The number of rotatable bonds is 2. The van der Waals surface area contributed by atoms with E-state index in [4.69, 9.17) is 0 Å². The quantitative estimate of drug-likeness (QED) is 0.907. The highest BCUT2D eigenvalue weighted by molar-refractivity contribution is 7.99. The lowest BCUT2D eigenvalue weighted by molar-refractivity contribution is 0.0244. The van der Waals surface area contributed by atoms with E-state index in [0.717, 1.165) is 25.3 Å². The van der Waals surface area contributed by atoms with Crippen molar-refractivity contribution >= 4 is 24.2 Å². The predicted molar refractivity (Wildman–Crippen MR) is 83.4 cm³/mol. The van der Waals surface area contributed by atoms with Crippen molar-refractivity contribution in [1.29, 1.82) is 0 Å². The van der Waals surface area contributed by atoms with Gasteiger partial charge in [0.15, 0.2) is 0 Å². The van der Waals surface area contributed by atoms with Crippen molar-refractivity contribution in [1.82, 2.24) is 4.90 Å². The molecule has 3 rings (SSSR count). The van der Waals surface area contributed by atoms with E-state index in [1.165, 1.54) is 16.9 Å². The average molecular weight is 300 g/mol. The molecule has 0 radical (unpaired) electrons. The third kappa shape index (κ3) is 2.80. The van der Waals surface area contributed by atoms with Crippen LogP contribution in [-0.4, -0.2) is 41.0 Å². The zero-order valence-corrected chi connectivity index (χ0v) is 12.9. The van der Waals surface area contributed by atoms with Crippen LogP contribution < -0.4 is 0 Å². The molecule has 19 heavy (non-hydrogen) atoms. The molecule has 1 fully saturated rings. The standard InChI is InChI=1S/C15H21NOS.ClH/c1-2-8-16-9-7-13(17)15-11-5-3-4-6-14(11)18-10-12(15)16;/h3-6,12-13,15,17H,2,7-10H2,1H3;1H/t12-,13?,15-;/m0./s1. The molecule has 0 aromatic heterocycles. The Kier molecular flexibility index (Phi) is 5.18. The Morgan fingerprint density at radius 1 is 1.37 bits per heavy atom. The summed E-state index contributed by atoms with van der Waals surface area (Å²) in [5.74, 6) is 1.45. The lowest BCUT2D eigenvalue weighted by Crippen LogP contribution is -2.52. The topological polar surface area (TPSA) is 23.5 Å². The maximum Gasteiger partial charge on any atom is 0.0636 e. The first-order valence-electron chi connectivity index (χ1n) is 6.95. The predicted octanol–water partition coefficient (Wildman–Crippen LogP) is 3.14. The molecule has 1 unspecified atom stereocenters. The van der Waals surface area contributed by atoms with Crippen LogP contribution in [0.2, 0.25) is 0 Å². The maximum absolute atomic E-state index is 10.4. The van der Waals surface area contributed by atoms with E-state index in [1.807, 2.05) is 11.8 Å². The molecule has 2 aliphatic rings. The molecule has 4 heteroatoms. The van der Waals surface area contributed by atoms with E-state index >= 15 is 0 Å². The van der Waals surface area contributed by atoms with Gasteiger partial charge in [0, 0.05) is 29.2 Å². The van der Waals surface area contributed by atoms with Crippen LogP contribution >= 0.6 is 24.2 Å². The Bertz CT molecular complexity index is 428. The molecule has 2 nitrogen and oxygen atoms in total. The van der Waals surface area contributed by atoms with Crippen LogP contribution in [-0.2, 0) is 0 Å². The van der Waals surface area contributed by atoms with E-state index in [-0.39, 0.29) is 18.5 Å². The second-order valence-corrected chi connectivity index (χ2v) is 6.40. The second-order valence-electron chi connectivity index (χ2n) is 5.33. The highest BCUT2D eigenvalue weighted by atomic mass is 35.5. The number of likely N-dealkylation sites (tertiary alicyclic amines) is 1. The maximum atomic E-state index is 10.4. The van der Waals surface area contributed by atoms with Crippen LogP contribution in [0.3, 0.4) is 0 Å². The van der Waals surface area contributed by atoms with Crippen molar-refractivity contribution in [3.8, 4) is 0 Å². The van der Waals surface area contributed by atoms with Crippen molar-refractivity contribution in [2.24, 2.45) is 0 Å². The number of piperidine rings is 1. The summed E-state index contributed by atoms with van der Waals surface area (Å²) in [7, 11) is 0. The van der Waals surface area contributed by atoms with E-state index in [2.05, 4.69) is 36.1 Å². The molecule has 106 valence electrons. The molecule has 1 aromatic rings. The van der Waals surface area contributed by atoms with Gasteiger partial charge in [0.2, 0.25) is 0 Å². The first kappa shape index (κ1) is 15.2. The molecule has 1 N–H and O–H groups in total. The monoisotopic (exact) mass is 299 g/mol. The molecule has 0 saturated carbocycles. The number of fused-ring (bicyclic) bond motifs is 3. The second kappa shape index (κ2) is 6.49. The van der Waals surface area contributed by atoms with Crippen LogP contribution in [0.15, 0.2) is 29.2 Å². The molecule has 3 atom stereocenters. The highest BCUT2D eigenvalue weighted by Gasteiger charge is 2.41. The molecular formula is C15H22ClNOS. The lowest BCUT2D eigenvalue weighted by Gasteiger charge is -2.46. The summed E-state index contributed by atoms with van der Waals surface area (Å²) < 4.78 is 0. The zero-order valence-electron chi connectivity index (χ0n) is 11.3. The molecule has 0 bridgehead atoms. The Hall–Kier alpha value is -0.220. The number of nitrogens with zero attached hydrogens (tertiary/aromatic N) is 1. The molecule has 0 spiro atoms. The molecule has 2 heterocycles. The van der Waals surface area contributed by atoms with Gasteiger partial charge < -0.3 is 5.11 Å². The fourth-order valence-corrected chi connectivity index (χ4v) is 4.69. The van der Waals surface area contributed by atoms with E-state index in [1.54, 1.807) is 0 Å². The lowest BCUT2D eigenvalue weighted by atomic mass is 9.81. The van der Waals surface area contributed by atoms with Crippen molar-refractivity contribution < 1.29 is 5.11 Å². The number of thioether (sulfide) groups is 1. The van der Waals surface area contributed by atoms with Crippen LogP contribution in [0.1, 0.15) is 31.2 Å². The first-order chi connectivity index (χ1) is 8.81. The van der Waals surface area contributed by atoms with Crippen molar-refractivity contribution in [2.45, 2.75) is 42.7 Å². The van der Waals surface area contributed by atoms with E-state index in [9.17, 15) is 5.11 Å². The Balaban J connectivity index is 0.00000133. The molecular weight excluding hydrogens is 278 g/mol. The summed E-state index contributed by atoms with van der Waals surface area (Å²) in [6.45, 7) is 4.46. The minimum atomic E-state index is -0.162. The summed E-state index contributed by atoms with van der Waals surface area (Å²) >= 11 is 1.95. The first-order valence-corrected chi connectivity index (χ1v) is 7.93. The van der Waals surface area contributed by atoms with Gasteiger partial charge in [0.25, 0.3) is 0 Å². The summed E-state index contributed by atoms with van der Waals surface area (Å²) in [6, 6.07) is 9.13. The number of hydrogen-bond donors (Lipinski definition) is 1. The molecule has 1 saturated heterocycles. The van der Waals surface area contributed by atoms with E-state index < -0.39 is 0 Å². The van der Waals surface area contributed by atoms with Gasteiger partial charge in [-0.15, -0.1) is 24.2 Å². The molecule has 1 aromatic carbocycles. The molecule has 2 aliphatic heterocycles. The van der Waals surface area contributed by atoms with Crippen molar-refractivity contribution in [2.75, 3.05) is 18.8 Å². The van der Waals surface area contributed by atoms with Crippen LogP contribution in [0.4, 0.5) is 0 Å². The average Bonchev–Trinajstić information content (AvgIpc) is 2.41. The Labute approximate surface area is 126 Å². The summed E-state index contributed by atoms with van der Waals surface area (Å²) in [4.78, 5) is 3.96. The van der Waals surface area contributed by atoms with Gasteiger partial charge in [-0.25, -0.2) is 0 Å². The SMILES string of the molecule is CCCN1CCC(O)[C@H]2c3ccccc3SC[C@@H]21.Cl. The zero-order chi connectivity index (χ0) is 12.5. The van der Waals surface area contributed by atoms with Gasteiger partial charge in [0.1, 0.15) is 0 Å². The van der Waals surface area contributed by atoms with Gasteiger partial charge in [0.05, 0.1) is 6.10 Å². The fourth-order valence-electron chi connectivity index (χ4n) is 3.38. The number of aliphatic hydroxyl groups is 1. The van der Waals surface area contributed by atoms with Crippen molar-refractivity contribution in [3.63, 3.8) is 0 Å². The van der Waals surface area contributed by atoms with Crippen molar-refractivity contribution in [3.05, 3.63) is 29.8 Å². The third-order valence-corrected chi connectivity index (χ3v) is 5.40. The fraction of sp³-hybridized carbons (Fsp3) is 0.600. The van der Waals surface area contributed by atoms with Crippen LogP contribution in [0, 0.1) is 0 Å². The summed E-state index contributed by atoms with van der Waals surface area (Å²) in [5, 5.41) is 10.4. The Morgan fingerprint density at radius 3 is 2.95 bits per heavy atom. The van der Waals surface area contributed by atoms with Gasteiger partial charge >= 0.3 is 0 Å². The van der Waals surface area contributed by atoms with Gasteiger partial charge in [-0.05, 0) is 31.0 Å². The van der Waals surface area contributed by atoms with Gasteiger partial charge in [-0.1, -0.05) is 25.1 Å². The summed E-state index contributed by atoms with van der Waals surface area (Å²) in [5.41, 5.74) is 1.37. The van der Waals surface area contributed by atoms with E-state index in [0.29, 0.717) is 12.0 Å². The molecule has 0 aliphatic carbocycles. The number of benzene rings is 1. The minimum absolute atomic E-state index is 0. The largest absolute Gasteiger partial charge is 0.392 e. The molecule has 0 amide bonds. The van der Waals surface area contributed by atoms with Gasteiger partial charge in [-0.2, -0.15) is 0 Å². The number of aliphatic hydroxyl groups excluding tert-OH is 1. The summed E-state index contributed by atoms with van der Waals surface area (Å²) in [6.07, 6.45) is 1.95.